The van der Waals surface area contributed by atoms with E-state index in [-0.39, 0.29) is 11.1 Å². The first kappa shape index (κ1) is 14.1. The Morgan fingerprint density at radius 1 is 1.10 bits per heavy atom. The van der Waals surface area contributed by atoms with E-state index in [0.717, 1.165) is 12.1 Å². The van der Waals surface area contributed by atoms with Gasteiger partial charge in [-0.25, -0.2) is 13.2 Å². The first-order chi connectivity index (χ1) is 9.56. The summed E-state index contributed by atoms with van der Waals surface area (Å²) in [6.45, 7) is 2.22. The van der Waals surface area contributed by atoms with E-state index in [0.29, 0.717) is 24.2 Å². The van der Waals surface area contributed by atoms with Gasteiger partial charge in [0.2, 0.25) is 0 Å². The van der Waals surface area contributed by atoms with Crippen molar-refractivity contribution < 1.29 is 22.7 Å². The number of aldehydes is 1. The van der Waals surface area contributed by atoms with Crippen molar-refractivity contribution >= 4 is 6.29 Å². The second-order valence-electron chi connectivity index (χ2n) is 4.05. The van der Waals surface area contributed by atoms with E-state index in [4.69, 9.17) is 4.74 Å². The van der Waals surface area contributed by atoms with Gasteiger partial charge in [-0.05, 0) is 48.4 Å². The van der Waals surface area contributed by atoms with Crippen LogP contribution < -0.4 is 4.74 Å². The number of ether oxygens (including phenoxy) is 1. The van der Waals surface area contributed by atoms with Gasteiger partial charge in [-0.15, -0.1) is 0 Å². The van der Waals surface area contributed by atoms with Crippen molar-refractivity contribution in [3.05, 3.63) is 53.3 Å². The summed E-state index contributed by atoms with van der Waals surface area (Å²) in [6, 6.07) is 6.24. The Bertz CT molecular complexity index is 631. The molecule has 0 aliphatic carbocycles. The zero-order chi connectivity index (χ0) is 14.7. The first-order valence-corrected chi connectivity index (χ1v) is 5.93. The van der Waals surface area contributed by atoms with Gasteiger partial charge in [0.1, 0.15) is 5.75 Å². The normalized spacial score (nSPS) is 10.4. The van der Waals surface area contributed by atoms with E-state index in [1.807, 2.05) is 0 Å². The molecule has 0 N–H and O–H groups in total. The van der Waals surface area contributed by atoms with Crippen molar-refractivity contribution in [1.29, 1.82) is 0 Å². The van der Waals surface area contributed by atoms with Gasteiger partial charge in [0.25, 0.3) is 0 Å². The molecule has 5 heteroatoms. The maximum atomic E-state index is 13.2. The number of rotatable bonds is 4. The predicted molar refractivity (Wildman–Crippen MR) is 68.3 cm³/mol. The van der Waals surface area contributed by atoms with Crippen molar-refractivity contribution in [2.45, 2.75) is 6.92 Å². The fraction of sp³-hybridized carbons (Fsp3) is 0.133. The SMILES string of the molecule is CCOc1ccc(-c2cc(F)c(F)c(F)c2)c(C=O)c1. The van der Waals surface area contributed by atoms with Crippen LogP contribution in [0.15, 0.2) is 30.3 Å². The lowest BCUT2D eigenvalue weighted by Crippen LogP contribution is -1.96. The average Bonchev–Trinajstić information content (AvgIpc) is 2.44. The topological polar surface area (TPSA) is 26.3 Å². The highest BCUT2D eigenvalue weighted by Gasteiger charge is 2.14. The van der Waals surface area contributed by atoms with Crippen LogP contribution in [0, 0.1) is 17.5 Å². The lowest BCUT2D eigenvalue weighted by atomic mass is 9.99. The largest absolute Gasteiger partial charge is 0.494 e. The average molecular weight is 280 g/mol. The van der Waals surface area contributed by atoms with Gasteiger partial charge < -0.3 is 4.74 Å². The number of hydrogen-bond acceptors (Lipinski definition) is 2. The van der Waals surface area contributed by atoms with Gasteiger partial charge in [0, 0.05) is 5.56 Å². The highest BCUT2D eigenvalue weighted by molar-refractivity contribution is 5.88. The van der Waals surface area contributed by atoms with Crippen molar-refractivity contribution in [3.8, 4) is 16.9 Å². The van der Waals surface area contributed by atoms with Gasteiger partial charge in [-0.1, -0.05) is 0 Å². The standard InChI is InChI=1S/C15H11F3O2/c1-2-20-11-3-4-12(10(5-11)8-19)9-6-13(16)15(18)14(17)7-9/h3-8H,2H2,1H3. The molecule has 0 fully saturated rings. The van der Waals surface area contributed by atoms with Crippen LogP contribution in [-0.2, 0) is 0 Å². The molecule has 0 saturated heterocycles. The van der Waals surface area contributed by atoms with Crippen molar-refractivity contribution in [1.82, 2.24) is 0 Å². The minimum Gasteiger partial charge on any atom is -0.494 e. The molecule has 0 bridgehead atoms. The smallest absolute Gasteiger partial charge is 0.194 e. The molecule has 0 heterocycles. The van der Waals surface area contributed by atoms with E-state index in [9.17, 15) is 18.0 Å². The number of hydrogen-bond donors (Lipinski definition) is 0. The third kappa shape index (κ3) is 2.66. The second-order valence-corrected chi connectivity index (χ2v) is 4.05. The summed E-state index contributed by atoms with van der Waals surface area (Å²) in [6.07, 6.45) is 0.553. The Kier molecular flexibility index (Phi) is 4.08. The van der Waals surface area contributed by atoms with Gasteiger partial charge in [0.15, 0.2) is 23.7 Å². The first-order valence-electron chi connectivity index (χ1n) is 5.93. The van der Waals surface area contributed by atoms with E-state index >= 15 is 0 Å². The summed E-state index contributed by atoms with van der Waals surface area (Å²) in [4.78, 5) is 11.1. The third-order valence-corrected chi connectivity index (χ3v) is 2.76. The molecule has 2 rings (SSSR count). The Labute approximate surface area is 113 Å². The highest BCUT2D eigenvalue weighted by atomic mass is 19.2. The number of halogens is 3. The van der Waals surface area contributed by atoms with Crippen LogP contribution in [0.2, 0.25) is 0 Å². The minimum absolute atomic E-state index is 0.0894. The fourth-order valence-corrected chi connectivity index (χ4v) is 1.87. The maximum Gasteiger partial charge on any atom is 0.194 e. The molecule has 2 aromatic carbocycles. The fourth-order valence-electron chi connectivity index (χ4n) is 1.87. The molecule has 0 radical (unpaired) electrons. The summed E-state index contributed by atoms with van der Waals surface area (Å²) in [5.74, 6) is -3.66. The van der Waals surface area contributed by atoms with Gasteiger partial charge in [0.05, 0.1) is 6.61 Å². The number of benzene rings is 2. The molecule has 20 heavy (non-hydrogen) atoms. The van der Waals surface area contributed by atoms with Crippen LogP contribution in [0.3, 0.4) is 0 Å². The van der Waals surface area contributed by atoms with Crippen molar-refractivity contribution in [3.63, 3.8) is 0 Å². The monoisotopic (exact) mass is 280 g/mol. The van der Waals surface area contributed by atoms with E-state index in [1.165, 1.54) is 12.1 Å². The summed E-state index contributed by atoms with van der Waals surface area (Å²) in [7, 11) is 0. The molecule has 0 atom stereocenters. The third-order valence-electron chi connectivity index (χ3n) is 2.76. The Morgan fingerprint density at radius 2 is 1.75 bits per heavy atom. The summed E-state index contributed by atoms with van der Waals surface area (Å²) < 4.78 is 44.6. The lowest BCUT2D eigenvalue weighted by Gasteiger charge is -2.09. The Balaban J connectivity index is 2.55. The molecule has 0 amide bonds. The van der Waals surface area contributed by atoms with Crippen LogP contribution in [0.1, 0.15) is 17.3 Å². The van der Waals surface area contributed by atoms with Crippen LogP contribution >= 0.6 is 0 Å². The molecule has 2 aromatic rings. The van der Waals surface area contributed by atoms with Gasteiger partial charge in [-0.3, -0.25) is 4.79 Å². The number of carbonyl (C=O) groups is 1. The van der Waals surface area contributed by atoms with Crippen LogP contribution in [0.25, 0.3) is 11.1 Å². The lowest BCUT2D eigenvalue weighted by molar-refractivity contribution is 0.112. The van der Waals surface area contributed by atoms with Crippen molar-refractivity contribution in [2.75, 3.05) is 6.61 Å². The zero-order valence-electron chi connectivity index (χ0n) is 10.6. The predicted octanol–water partition coefficient (Wildman–Crippen LogP) is 3.98. The number of carbonyl (C=O) groups excluding carboxylic acids is 1. The molecule has 0 spiro atoms. The van der Waals surface area contributed by atoms with E-state index in [2.05, 4.69) is 0 Å². The highest BCUT2D eigenvalue weighted by Crippen LogP contribution is 2.28. The second kappa shape index (κ2) is 5.77. The quantitative estimate of drug-likeness (QED) is 0.625. The molecule has 0 aliphatic rings. The van der Waals surface area contributed by atoms with Crippen LogP contribution in [0.4, 0.5) is 13.2 Å². The van der Waals surface area contributed by atoms with E-state index in [1.54, 1.807) is 13.0 Å². The van der Waals surface area contributed by atoms with Gasteiger partial charge >= 0.3 is 0 Å². The zero-order valence-corrected chi connectivity index (χ0v) is 10.6. The molecule has 2 nitrogen and oxygen atoms in total. The summed E-state index contributed by atoms with van der Waals surface area (Å²) in [5.41, 5.74) is 0.606. The summed E-state index contributed by atoms with van der Waals surface area (Å²) in [5, 5.41) is 0. The molecule has 0 aliphatic heterocycles. The molecule has 0 saturated carbocycles. The minimum atomic E-state index is -1.53. The maximum absolute atomic E-state index is 13.2. The van der Waals surface area contributed by atoms with Gasteiger partial charge in [-0.2, -0.15) is 0 Å². The molecule has 0 unspecified atom stereocenters. The Morgan fingerprint density at radius 3 is 2.30 bits per heavy atom. The molecular formula is C15H11F3O2. The van der Waals surface area contributed by atoms with Crippen LogP contribution in [0.5, 0.6) is 5.75 Å². The van der Waals surface area contributed by atoms with E-state index < -0.39 is 17.5 Å². The summed E-state index contributed by atoms with van der Waals surface area (Å²) >= 11 is 0. The molecule has 0 aromatic heterocycles. The van der Waals surface area contributed by atoms with Crippen molar-refractivity contribution in [2.24, 2.45) is 0 Å². The Hall–Kier alpha value is -2.30. The molecular weight excluding hydrogens is 269 g/mol. The molecule has 104 valence electrons. The van der Waals surface area contributed by atoms with Crippen LogP contribution in [-0.4, -0.2) is 12.9 Å².